The second-order valence-electron chi connectivity index (χ2n) is 5.86. The average molecular weight is 419 g/mol. The number of aromatic nitrogens is 4. The number of carbonyl (C=O) groups excluding carboxylic acids is 1. The van der Waals surface area contributed by atoms with Crippen LogP contribution in [-0.4, -0.2) is 31.4 Å². The second-order valence-corrected chi connectivity index (χ2v) is 6.81. The van der Waals surface area contributed by atoms with Crippen LogP contribution in [0.4, 0.5) is 18.9 Å². The number of thioether (sulfide) groups is 1. The Hall–Kier alpha value is -3.14. The maximum atomic E-state index is 12.8. The van der Waals surface area contributed by atoms with Crippen molar-refractivity contribution < 1.29 is 18.0 Å². The SMILES string of the molecule is C=CCn1c(SCC(=O)Nc2cccc(C(F)(F)F)c2)nnc1-c1cccnc1. The summed E-state index contributed by atoms with van der Waals surface area (Å²) in [6, 6.07) is 8.10. The van der Waals surface area contributed by atoms with Crippen LogP contribution < -0.4 is 5.32 Å². The molecule has 29 heavy (non-hydrogen) atoms. The molecule has 2 heterocycles. The Morgan fingerprint density at radius 3 is 2.76 bits per heavy atom. The summed E-state index contributed by atoms with van der Waals surface area (Å²) in [6.07, 6.45) is 0.499. The van der Waals surface area contributed by atoms with Gasteiger partial charge in [-0.3, -0.25) is 14.3 Å². The molecule has 0 saturated carbocycles. The molecule has 0 fully saturated rings. The van der Waals surface area contributed by atoms with Crippen LogP contribution in [-0.2, 0) is 17.5 Å². The molecule has 1 amide bonds. The summed E-state index contributed by atoms with van der Waals surface area (Å²) in [5.74, 6) is 0.0858. The van der Waals surface area contributed by atoms with Crippen LogP contribution in [0.25, 0.3) is 11.4 Å². The number of benzene rings is 1. The van der Waals surface area contributed by atoms with Crippen molar-refractivity contribution in [2.24, 2.45) is 0 Å². The lowest BCUT2D eigenvalue weighted by Crippen LogP contribution is -2.15. The minimum atomic E-state index is -4.47. The van der Waals surface area contributed by atoms with Gasteiger partial charge in [-0.1, -0.05) is 23.9 Å². The highest BCUT2D eigenvalue weighted by molar-refractivity contribution is 7.99. The molecule has 3 rings (SSSR count). The van der Waals surface area contributed by atoms with E-state index in [1.165, 1.54) is 12.1 Å². The van der Waals surface area contributed by atoms with Crippen molar-refractivity contribution in [3.8, 4) is 11.4 Å². The molecule has 2 aromatic heterocycles. The van der Waals surface area contributed by atoms with E-state index in [-0.39, 0.29) is 11.4 Å². The standard InChI is InChI=1S/C19H16F3N5OS/c1-2-9-27-17(13-5-4-8-23-11-13)25-26-18(27)29-12-16(28)24-15-7-3-6-14(10-15)19(20,21)22/h2-8,10-11H,1,9,12H2,(H,24,28). The normalized spacial score (nSPS) is 11.3. The first-order chi connectivity index (χ1) is 13.9. The van der Waals surface area contributed by atoms with Gasteiger partial charge in [-0.25, -0.2) is 0 Å². The summed E-state index contributed by atoms with van der Waals surface area (Å²) in [5.41, 5.74) is 0.0194. The number of alkyl halides is 3. The average Bonchev–Trinajstić information content (AvgIpc) is 3.09. The third kappa shape index (κ3) is 5.23. The molecular formula is C19H16F3N5OS. The van der Waals surface area contributed by atoms with Crippen LogP contribution in [0, 0.1) is 0 Å². The van der Waals surface area contributed by atoms with Gasteiger partial charge in [-0.15, -0.1) is 16.8 Å². The molecule has 0 bridgehead atoms. The summed E-state index contributed by atoms with van der Waals surface area (Å²) in [7, 11) is 0. The Morgan fingerprint density at radius 1 is 1.24 bits per heavy atom. The van der Waals surface area contributed by atoms with Crippen molar-refractivity contribution in [1.29, 1.82) is 0 Å². The van der Waals surface area contributed by atoms with E-state index >= 15 is 0 Å². The fourth-order valence-corrected chi connectivity index (χ4v) is 3.25. The number of allylic oxidation sites excluding steroid dienone is 1. The van der Waals surface area contributed by atoms with Gasteiger partial charge < -0.3 is 5.32 Å². The summed E-state index contributed by atoms with van der Waals surface area (Å²) < 4.78 is 40.1. The lowest BCUT2D eigenvalue weighted by atomic mass is 10.2. The molecule has 0 saturated heterocycles. The number of anilines is 1. The highest BCUT2D eigenvalue weighted by atomic mass is 32.2. The van der Waals surface area contributed by atoms with Crippen molar-refractivity contribution in [3.63, 3.8) is 0 Å². The first-order valence-electron chi connectivity index (χ1n) is 8.43. The minimum Gasteiger partial charge on any atom is -0.325 e. The number of amides is 1. The Kier molecular flexibility index (Phi) is 6.32. The highest BCUT2D eigenvalue weighted by Gasteiger charge is 2.30. The Balaban J connectivity index is 1.69. The van der Waals surface area contributed by atoms with Crippen LogP contribution in [0.5, 0.6) is 0 Å². The van der Waals surface area contributed by atoms with Crippen molar-refractivity contribution in [2.75, 3.05) is 11.1 Å². The third-order valence-electron chi connectivity index (χ3n) is 3.75. The Morgan fingerprint density at radius 2 is 2.07 bits per heavy atom. The number of hydrogen-bond donors (Lipinski definition) is 1. The van der Waals surface area contributed by atoms with Crippen molar-refractivity contribution in [1.82, 2.24) is 19.7 Å². The third-order valence-corrected chi connectivity index (χ3v) is 4.72. The Labute approximate surface area is 168 Å². The van der Waals surface area contributed by atoms with E-state index in [2.05, 4.69) is 27.1 Å². The van der Waals surface area contributed by atoms with Gasteiger partial charge in [0.1, 0.15) is 0 Å². The number of nitrogens with one attached hydrogen (secondary N) is 1. The smallest absolute Gasteiger partial charge is 0.325 e. The van der Waals surface area contributed by atoms with Crippen molar-refractivity contribution in [2.45, 2.75) is 17.9 Å². The highest BCUT2D eigenvalue weighted by Crippen LogP contribution is 2.30. The van der Waals surface area contributed by atoms with Gasteiger partial charge in [0.15, 0.2) is 11.0 Å². The van der Waals surface area contributed by atoms with Crippen LogP contribution in [0.3, 0.4) is 0 Å². The zero-order valence-electron chi connectivity index (χ0n) is 15.1. The van der Waals surface area contributed by atoms with E-state index in [0.29, 0.717) is 17.5 Å². The molecule has 6 nitrogen and oxygen atoms in total. The zero-order chi connectivity index (χ0) is 20.9. The van der Waals surface area contributed by atoms with Gasteiger partial charge in [-0.2, -0.15) is 13.2 Å². The molecule has 0 unspecified atom stereocenters. The van der Waals surface area contributed by atoms with Gasteiger partial charge in [0.25, 0.3) is 0 Å². The van der Waals surface area contributed by atoms with E-state index < -0.39 is 17.6 Å². The number of halogens is 3. The fraction of sp³-hybridized carbons (Fsp3) is 0.158. The van der Waals surface area contributed by atoms with Crippen molar-refractivity contribution >= 4 is 23.4 Å². The van der Waals surface area contributed by atoms with Gasteiger partial charge in [0.05, 0.1) is 11.3 Å². The molecule has 0 radical (unpaired) electrons. The molecule has 1 N–H and O–H groups in total. The predicted octanol–water partition coefficient (Wildman–Crippen LogP) is 4.28. The van der Waals surface area contributed by atoms with Gasteiger partial charge in [-0.05, 0) is 30.3 Å². The second kappa shape index (κ2) is 8.91. The van der Waals surface area contributed by atoms with Crippen LogP contribution >= 0.6 is 11.8 Å². The molecule has 0 aliphatic heterocycles. The van der Waals surface area contributed by atoms with Gasteiger partial charge >= 0.3 is 6.18 Å². The lowest BCUT2D eigenvalue weighted by Gasteiger charge is -2.10. The maximum absolute atomic E-state index is 12.8. The quantitative estimate of drug-likeness (QED) is 0.457. The van der Waals surface area contributed by atoms with E-state index in [1.807, 2.05) is 6.07 Å². The van der Waals surface area contributed by atoms with E-state index in [9.17, 15) is 18.0 Å². The first-order valence-corrected chi connectivity index (χ1v) is 9.41. The molecule has 3 aromatic rings. The molecule has 0 spiro atoms. The molecule has 1 aromatic carbocycles. The largest absolute Gasteiger partial charge is 0.416 e. The van der Waals surface area contributed by atoms with Gasteiger partial charge in [0.2, 0.25) is 5.91 Å². The zero-order valence-corrected chi connectivity index (χ0v) is 15.9. The number of rotatable bonds is 7. The Bertz CT molecular complexity index is 1000. The first kappa shape index (κ1) is 20.6. The molecule has 0 atom stereocenters. The summed E-state index contributed by atoms with van der Waals surface area (Å²) >= 11 is 1.13. The number of pyridine rings is 1. The van der Waals surface area contributed by atoms with Crippen LogP contribution in [0.2, 0.25) is 0 Å². The van der Waals surface area contributed by atoms with E-state index in [1.54, 1.807) is 29.1 Å². The molecule has 10 heteroatoms. The molecule has 0 aliphatic rings. The fourth-order valence-electron chi connectivity index (χ4n) is 2.50. The van der Waals surface area contributed by atoms with E-state index in [0.717, 1.165) is 29.5 Å². The summed E-state index contributed by atoms with van der Waals surface area (Å²) in [4.78, 5) is 16.3. The lowest BCUT2D eigenvalue weighted by molar-refractivity contribution is -0.137. The maximum Gasteiger partial charge on any atom is 0.416 e. The number of nitrogens with zero attached hydrogens (tertiary/aromatic N) is 4. The van der Waals surface area contributed by atoms with Crippen LogP contribution in [0.15, 0.2) is 66.6 Å². The molecule has 0 aliphatic carbocycles. The number of hydrogen-bond acceptors (Lipinski definition) is 5. The summed E-state index contributed by atoms with van der Waals surface area (Å²) in [5, 5.41) is 11.2. The number of carbonyl (C=O) groups is 1. The van der Waals surface area contributed by atoms with Gasteiger partial charge in [0, 0.05) is 30.2 Å². The summed E-state index contributed by atoms with van der Waals surface area (Å²) in [6.45, 7) is 4.14. The molecular weight excluding hydrogens is 403 g/mol. The minimum absolute atomic E-state index is 0.0431. The molecule has 150 valence electrons. The van der Waals surface area contributed by atoms with Crippen molar-refractivity contribution in [3.05, 3.63) is 67.0 Å². The topological polar surface area (TPSA) is 72.7 Å². The van der Waals surface area contributed by atoms with Crippen LogP contribution in [0.1, 0.15) is 5.56 Å². The van der Waals surface area contributed by atoms with E-state index in [4.69, 9.17) is 0 Å². The predicted molar refractivity (Wildman–Crippen MR) is 104 cm³/mol. The monoisotopic (exact) mass is 419 g/mol.